The monoisotopic (exact) mass is 636 g/mol. The lowest BCUT2D eigenvalue weighted by Gasteiger charge is -2.69. The molecule has 1 saturated heterocycles. The van der Waals surface area contributed by atoms with E-state index in [0.717, 1.165) is 6.07 Å². The second-order valence-corrected chi connectivity index (χ2v) is 14.4. The summed E-state index contributed by atoms with van der Waals surface area (Å²) in [5, 5.41) is 49.4. The molecule has 1 aromatic rings. The molecule has 2 unspecified atom stereocenters. The van der Waals surface area contributed by atoms with Gasteiger partial charge in [0.15, 0.2) is 0 Å². The van der Waals surface area contributed by atoms with Crippen molar-refractivity contribution in [2.24, 2.45) is 34.5 Å². The molecular formula is C31H41ClN2O10. The highest BCUT2D eigenvalue weighted by Crippen LogP contribution is 2.80. The molecule has 1 aliphatic heterocycles. The molecule has 1 aromatic carbocycles. The van der Waals surface area contributed by atoms with Crippen LogP contribution in [0.5, 0.6) is 0 Å². The van der Waals surface area contributed by atoms with Gasteiger partial charge in [0, 0.05) is 68.9 Å². The van der Waals surface area contributed by atoms with Gasteiger partial charge in [-0.25, -0.2) is 4.79 Å². The Morgan fingerprint density at radius 1 is 1.23 bits per heavy atom. The number of nitrogens with zero attached hydrogens (tertiary/aromatic N) is 2. The molecule has 1 heterocycles. The summed E-state index contributed by atoms with van der Waals surface area (Å²) in [5.74, 6) is -2.41. The number of aliphatic hydroxyl groups is 3. The Bertz CT molecular complexity index is 1380. The Kier molecular flexibility index (Phi) is 7.02. The SMILES string of the molecule is CCN1C[C@]2(COC)CC[C@H](OC(=O)c3ccc(Cl)c([N+](=O)[O-])c3)[C@]34[C@@H]5CC6[C@@H](OC)C[C@@](O)([C@H]5[C@H]6O)C(O)([C@@H]13)[C@@H](OC)[C@H]24. The van der Waals surface area contributed by atoms with Gasteiger partial charge in [0.2, 0.25) is 0 Å². The summed E-state index contributed by atoms with van der Waals surface area (Å²) in [6.07, 6.45) is -1.28. The summed E-state index contributed by atoms with van der Waals surface area (Å²) in [4.78, 5) is 27.0. The minimum atomic E-state index is -1.83. The number of nitro benzene ring substituents is 1. The zero-order valence-electron chi connectivity index (χ0n) is 25.3. The van der Waals surface area contributed by atoms with Crippen molar-refractivity contribution >= 4 is 23.3 Å². The van der Waals surface area contributed by atoms with Crippen molar-refractivity contribution in [3.8, 4) is 0 Å². The van der Waals surface area contributed by atoms with E-state index in [2.05, 4.69) is 4.90 Å². The lowest BCUT2D eigenvalue weighted by molar-refractivity contribution is -0.384. The minimum Gasteiger partial charge on any atom is -0.458 e. The smallest absolute Gasteiger partial charge is 0.338 e. The summed E-state index contributed by atoms with van der Waals surface area (Å²) >= 11 is 6.03. The highest BCUT2D eigenvalue weighted by molar-refractivity contribution is 6.32. The Labute approximate surface area is 260 Å². The molecule has 13 heteroatoms. The van der Waals surface area contributed by atoms with Crippen LogP contribution in [0.25, 0.3) is 0 Å². The second-order valence-electron chi connectivity index (χ2n) is 14.0. The molecular weight excluding hydrogens is 596 g/mol. The largest absolute Gasteiger partial charge is 0.458 e. The van der Waals surface area contributed by atoms with Crippen LogP contribution in [-0.2, 0) is 18.9 Å². The average molecular weight is 637 g/mol. The molecule has 44 heavy (non-hydrogen) atoms. The van der Waals surface area contributed by atoms with Crippen molar-refractivity contribution in [1.82, 2.24) is 4.90 Å². The van der Waals surface area contributed by atoms with E-state index in [1.165, 1.54) is 12.1 Å². The number of carbonyl (C=O) groups is 1. The number of hydrogen-bond donors (Lipinski definition) is 3. The lowest BCUT2D eigenvalue weighted by atomic mass is 9.42. The molecule has 12 nitrogen and oxygen atoms in total. The summed E-state index contributed by atoms with van der Waals surface area (Å²) in [6, 6.07) is 3.18. The maximum Gasteiger partial charge on any atom is 0.338 e. The van der Waals surface area contributed by atoms with Crippen molar-refractivity contribution in [1.29, 1.82) is 0 Å². The zero-order valence-corrected chi connectivity index (χ0v) is 26.1. The number of aliphatic hydroxyl groups excluding tert-OH is 1. The van der Waals surface area contributed by atoms with Gasteiger partial charge < -0.3 is 34.3 Å². The van der Waals surface area contributed by atoms with E-state index >= 15 is 0 Å². The van der Waals surface area contributed by atoms with Gasteiger partial charge in [-0.05, 0) is 43.9 Å². The van der Waals surface area contributed by atoms with Crippen LogP contribution in [0.2, 0.25) is 5.02 Å². The van der Waals surface area contributed by atoms with Crippen LogP contribution in [-0.4, -0.2) is 114 Å². The number of likely N-dealkylation sites (N-methyl/N-ethyl adjacent to an activating group) is 1. The standard InChI is InChI=1S/C31H41ClN2O10/c1-5-33-13-28(14-41-2)9-8-21(44-26(36)15-6-7-18(32)19(10-15)34(39)40)30-17-11-16-20(42-3)12-29(37,22(17)23(16)35)31(38,27(30)33)25(43-4)24(28)30/h6-7,10,16-17,20-25,27,35,37-38H,5,8-9,11-14H2,1-4H3/t16?,17-,20+,21+,22-,23+,24-,25+,27+,28+,29-,30+,31?/m1/s1. The van der Waals surface area contributed by atoms with Gasteiger partial charge in [-0.3, -0.25) is 15.0 Å². The lowest BCUT2D eigenvalue weighted by Crippen LogP contribution is -2.82. The predicted octanol–water partition coefficient (Wildman–Crippen LogP) is 2.04. The third-order valence-corrected chi connectivity index (χ3v) is 13.2. The van der Waals surface area contributed by atoms with Gasteiger partial charge in [-0.1, -0.05) is 18.5 Å². The van der Waals surface area contributed by atoms with E-state index in [4.69, 9.17) is 30.5 Å². The van der Waals surface area contributed by atoms with Crippen LogP contribution < -0.4 is 0 Å². The first-order valence-electron chi connectivity index (χ1n) is 15.5. The number of benzene rings is 1. The molecule has 1 spiro atoms. The number of ether oxygens (including phenoxy) is 4. The number of esters is 1. The first kappa shape index (κ1) is 30.7. The predicted molar refractivity (Wildman–Crippen MR) is 155 cm³/mol. The normalized spacial score (nSPS) is 48.3. The molecule has 0 amide bonds. The maximum atomic E-state index is 13.9. The quantitative estimate of drug-likeness (QED) is 0.218. The fourth-order valence-corrected chi connectivity index (χ4v) is 12.0. The first-order chi connectivity index (χ1) is 20.9. The van der Waals surface area contributed by atoms with Gasteiger partial charge in [-0.15, -0.1) is 0 Å². The molecule has 0 radical (unpaired) electrons. The molecule has 7 bridgehead atoms. The van der Waals surface area contributed by atoms with Gasteiger partial charge in [-0.2, -0.15) is 0 Å². The molecule has 13 atom stereocenters. The fraction of sp³-hybridized carbons (Fsp3) is 0.774. The third-order valence-electron chi connectivity index (χ3n) is 12.8. The molecule has 6 fully saturated rings. The fourth-order valence-electron chi connectivity index (χ4n) is 11.8. The minimum absolute atomic E-state index is 0.00255. The number of piperidine rings is 1. The number of carbonyl (C=O) groups excluding carboxylic acids is 1. The molecule has 3 N–H and O–H groups in total. The van der Waals surface area contributed by atoms with Crippen molar-refractivity contribution < 1.29 is 44.0 Å². The van der Waals surface area contributed by atoms with Crippen LogP contribution in [0.4, 0.5) is 5.69 Å². The highest BCUT2D eigenvalue weighted by Gasteiger charge is 2.91. The number of likely N-dealkylation sites (tertiary alicyclic amines) is 1. The van der Waals surface area contributed by atoms with E-state index in [1.807, 2.05) is 6.92 Å². The molecule has 7 rings (SSSR count). The van der Waals surface area contributed by atoms with E-state index in [1.54, 1.807) is 21.3 Å². The molecule has 5 saturated carbocycles. The molecule has 5 aliphatic carbocycles. The van der Waals surface area contributed by atoms with E-state index in [0.29, 0.717) is 39.0 Å². The Hall–Kier alpha value is -1.90. The molecule has 6 aliphatic rings. The zero-order chi connectivity index (χ0) is 31.6. The van der Waals surface area contributed by atoms with Crippen LogP contribution in [0.3, 0.4) is 0 Å². The summed E-state index contributed by atoms with van der Waals surface area (Å²) < 4.78 is 24.4. The number of fused-ring (bicyclic) bond motifs is 2. The Balaban J connectivity index is 1.44. The van der Waals surface area contributed by atoms with E-state index in [9.17, 15) is 30.2 Å². The number of halogens is 1. The van der Waals surface area contributed by atoms with Crippen molar-refractivity contribution in [3.05, 3.63) is 38.9 Å². The highest BCUT2D eigenvalue weighted by atomic mass is 35.5. The van der Waals surface area contributed by atoms with Crippen molar-refractivity contribution in [3.63, 3.8) is 0 Å². The van der Waals surface area contributed by atoms with Crippen LogP contribution in [0, 0.1) is 44.6 Å². The van der Waals surface area contributed by atoms with E-state index in [-0.39, 0.29) is 34.8 Å². The Morgan fingerprint density at radius 3 is 2.61 bits per heavy atom. The topological polar surface area (TPSA) is 161 Å². The number of rotatable bonds is 8. The van der Waals surface area contributed by atoms with Crippen LogP contribution >= 0.6 is 11.6 Å². The van der Waals surface area contributed by atoms with E-state index < -0.39 is 75.0 Å². The Morgan fingerprint density at radius 2 is 1.98 bits per heavy atom. The van der Waals surface area contributed by atoms with Gasteiger partial charge in [0.05, 0.1) is 41.4 Å². The average Bonchev–Trinajstić information content (AvgIpc) is 3.36. The van der Waals surface area contributed by atoms with Gasteiger partial charge >= 0.3 is 5.97 Å². The summed E-state index contributed by atoms with van der Waals surface area (Å²) in [6.45, 7) is 3.56. The first-order valence-corrected chi connectivity index (χ1v) is 15.8. The third kappa shape index (κ3) is 3.41. The summed E-state index contributed by atoms with van der Waals surface area (Å²) in [5.41, 5.74) is -5.39. The number of nitro groups is 1. The number of hydrogen-bond acceptors (Lipinski definition) is 11. The van der Waals surface area contributed by atoms with Gasteiger partial charge in [0.1, 0.15) is 22.3 Å². The summed E-state index contributed by atoms with van der Waals surface area (Å²) in [7, 11) is 4.76. The number of methoxy groups -OCH3 is 3. The van der Waals surface area contributed by atoms with Crippen LogP contribution in [0.1, 0.15) is 43.0 Å². The van der Waals surface area contributed by atoms with Crippen molar-refractivity contribution in [2.45, 2.75) is 74.3 Å². The maximum absolute atomic E-state index is 13.9. The van der Waals surface area contributed by atoms with Crippen molar-refractivity contribution in [2.75, 3.05) is 41.0 Å². The molecule has 0 aromatic heterocycles. The van der Waals surface area contributed by atoms with Crippen LogP contribution in [0.15, 0.2) is 18.2 Å². The van der Waals surface area contributed by atoms with Gasteiger partial charge in [0.25, 0.3) is 5.69 Å². The molecule has 242 valence electrons. The second kappa shape index (κ2) is 10.0.